The molecule has 21 heavy (non-hydrogen) atoms. The smallest absolute Gasteiger partial charge is 0.0443 e. The molecule has 2 aromatic carbocycles. The Balaban J connectivity index is 2.20. The van der Waals surface area contributed by atoms with Crippen molar-refractivity contribution in [2.75, 3.05) is 6.54 Å². The molecule has 0 aliphatic rings. The highest BCUT2D eigenvalue weighted by Crippen LogP contribution is 2.34. The average molecular weight is 299 g/mol. The number of rotatable bonds is 7. The van der Waals surface area contributed by atoms with E-state index in [4.69, 9.17) is 0 Å². The lowest BCUT2D eigenvalue weighted by atomic mass is 10.0. The van der Waals surface area contributed by atoms with Crippen molar-refractivity contribution in [3.8, 4) is 0 Å². The van der Waals surface area contributed by atoms with Crippen LogP contribution in [0.15, 0.2) is 59.5 Å². The zero-order valence-electron chi connectivity index (χ0n) is 13.2. The van der Waals surface area contributed by atoms with Gasteiger partial charge in [-0.25, -0.2) is 0 Å². The minimum absolute atomic E-state index is 0.395. The molecule has 0 radical (unpaired) electrons. The summed E-state index contributed by atoms with van der Waals surface area (Å²) in [5, 5.41) is 4.20. The van der Waals surface area contributed by atoms with E-state index in [0.29, 0.717) is 11.3 Å². The number of aryl methyl sites for hydroxylation is 1. The van der Waals surface area contributed by atoms with Crippen LogP contribution in [0.4, 0.5) is 0 Å². The monoisotopic (exact) mass is 299 g/mol. The Kier molecular flexibility index (Phi) is 6.34. The highest BCUT2D eigenvalue weighted by atomic mass is 32.2. The van der Waals surface area contributed by atoms with Crippen molar-refractivity contribution in [1.82, 2.24) is 5.32 Å². The quantitative estimate of drug-likeness (QED) is 0.704. The minimum Gasteiger partial charge on any atom is -0.309 e. The molecule has 0 fully saturated rings. The van der Waals surface area contributed by atoms with Gasteiger partial charge in [-0.3, -0.25) is 0 Å². The van der Waals surface area contributed by atoms with Crippen LogP contribution in [0.2, 0.25) is 0 Å². The van der Waals surface area contributed by atoms with Gasteiger partial charge in [0.25, 0.3) is 0 Å². The predicted octanol–water partition coefficient (Wildman–Crippen LogP) is 5.22. The third-order valence-electron chi connectivity index (χ3n) is 3.63. The molecular weight excluding hydrogens is 274 g/mol. The van der Waals surface area contributed by atoms with Crippen molar-refractivity contribution in [2.24, 2.45) is 0 Å². The van der Waals surface area contributed by atoms with Crippen molar-refractivity contribution in [2.45, 2.75) is 43.4 Å². The van der Waals surface area contributed by atoms with E-state index in [-0.39, 0.29) is 0 Å². The van der Waals surface area contributed by atoms with E-state index in [1.54, 1.807) is 0 Å². The Morgan fingerprint density at radius 2 is 1.76 bits per heavy atom. The fraction of sp³-hybridized carbons (Fsp3) is 0.368. The zero-order valence-corrected chi connectivity index (χ0v) is 14.0. The van der Waals surface area contributed by atoms with Crippen molar-refractivity contribution >= 4 is 11.8 Å². The molecule has 2 rings (SSSR count). The zero-order chi connectivity index (χ0) is 15.1. The van der Waals surface area contributed by atoms with E-state index in [1.807, 2.05) is 11.8 Å². The van der Waals surface area contributed by atoms with Crippen molar-refractivity contribution < 1.29 is 0 Å². The van der Waals surface area contributed by atoms with E-state index in [0.717, 1.165) is 13.0 Å². The Labute approximate surface area is 133 Å². The first-order valence-electron chi connectivity index (χ1n) is 7.76. The molecule has 0 spiro atoms. The molecule has 2 aromatic rings. The normalized spacial score (nSPS) is 13.9. The van der Waals surface area contributed by atoms with Crippen LogP contribution >= 0.6 is 11.8 Å². The fourth-order valence-corrected chi connectivity index (χ4v) is 3.91. The molecule has 0 aliphatic heterocycles. The van der Waals surface area contributed by atoms with Gasteiger partial charge in [-0.2, -0.15) is 0 Å². The molecule has 0 aliphatic carbocycles. The molecule has 0 bridgehead atoms. The van der Waals surface area contributed by atoms with Gasteiger partial charge in [0.2, 0.25) is 0 Å². The summed E-state index contributed by atoms with van der Waals surface area (Å²) in [6.45, 7) is 7.61. The van der Waals surface area contributed by atoms with Crippen LogP contribution in [0.25, 0.3) is 0 Å². The molecule has 1 N–H and O–H groups in total. The van der Waals surface area contributed by atoms with Crippen molar-refractivity contribution in [3.05, 3.63) is 65.7 Å². The SMILES string of the molecule is CCNC(c1ccccc1)C(CC)Sc1cccc(C)c1. The van der Waals surface area contributed by atoms with Gasteiger partial charge < -0.3 is 5.32 Å². The van der Waals surface area contributed by atoms with Gasteiger partial charge in [0, 0.05) is 16.2 Å². The summed E-state index contributed by atoms with van der Waals surface area (Å²) in [6, 6.07) is 20.0. The summed E-state index contributed by atoms with van der Waals surface area (Å²) in [4.78, 5) is 1.36. The second-order valence-electron chi connectivity index (χ2n) is 5.33. The summed E-state index contributed by atoms with van der Waals surface area (Å²) in [5.74, 6) is 0. The Morgan fingerprint density at radius 3 is 2.38 bits per heavy atom. The first-order chi connectivity index (χ1) is 10.2. The largest absolute Gasteiger partial charge is 0.309 e. The number of hydrogen-bond acceptors (Lipinski definition) is 2. The van der Waals surface area contributed by atoms with E-state index in [2.05, 4.69) is 80.7 Å². The van der Waals surface area contributed by atoms with Crippen LogP contribution in [0.1, 0.15) is 37.4 Å². The molecule has 0 saturated heterocycles. The highest BCUT2D eigenvalue weighted by Gasteiger charge is 2.21. The third-order valence-corrected chi connectivity index (χ3v) is 5.07. The molecule has 2 unspecified atom stereocenters. The molecule has 2 atom stereocenters. The van der Waals surface area contributed by atoms with Gasteiger partial charge in [-0.05, 0) is 37.6 Å². The van der Waals surface area contributed by atoms with Gasteiger partial charge in [-0.1, -0.05) is 61.9 Å². The molecular formula is C19H25NS. The van der Waals surface area contributed by atoms with E-state index in [1.165, 1.54) is 16.0 Å². The minimum atomic E-state index is 0.395. The maximum Gasteiger partial charge on any atom is 0.0443 e. The maximum absolute atomic E-state index is 3.66. The Morgan fingerprint density at radius 1 is 1.00 bits per heavy atom. The summed E-state index contributed by atoms with van der Waals surface area (Å²) in [7, 11) is 0. The van der Waals surface area contributed by atoms with Crippen LogP contribution in [0, 0.1) is 6.92 Å². The second kappa shape index (κ2) is 8.26. The van der Waals surface area contributed by atoms with Gasteiger partial charge in [0.05, 0.1) is 0 Å². The van der Waals surface area contributed by atoms with Gasteiger partial charge >= 0.3 is 0 Å². The average Bonchev–Trinajstić information content (AvgIpc) is 2.51. The molecule has 0 amide bonds. The van der Waals surface area contributed by atoms with Gasteiger partial charge in [-0.15, -0.1) is 11.8 Å². The number of hydrogen-bond donors (Lipinski definition) is 1. The predicted molar refractivity (Wildman–Crippen MR) is 94.0 cm³/mol. The lowest BCUT2D eigenvalue weighted by molar-refractivity contribution is 0.521. The molecule has 112 valence electrons. The van der Waals surface area contributed by atoms with Crippen LogP contribution < -0.4 is 5.32 Å². The molecule has 2 heteroatoms. The maximum atomic E-state index is 3.66. The van der Waals surface area contributed by atoms with Crippen LogP contribution in [0.5, 0.6) is 0 Å². The van der Waals surface area contributed by atoms with E-state index in [9.17, 15) is 0 Å². The second-order valence-corrected chi connectivity index (χ2v) is 6.64. The standard InChI is InChI=1S/C19H25NS/c1-4-18(21-17-13-9-10-15(3)14-17)19(20-5-2)16-11-7-6-8-12-16/h6-14,18-20H,4-5H2,1-3H3. The fourth-order valence-electron chi connectivity index (χ4n) is 2.59. The first-order valence-corrected chi connectivity index (χ1v) is 8.64. The number of thioether (sulfide) groups is 1. The molecule has 0 heterocycles. The van der Waals surface area contributed by atoms with Crippen molar-refractivity contribution in [1.29, 1.82) is 0 Å². The van der Waals surface area contributed by atoms with E-state index >= 15 is 0 Å². The summed E-state index contributed by atoms with van der Waals surface area (Å²) in [6.07, 6.45) is 1.14. The number of nitrogens with one attached hydrogen (secondary N) is 1. The van der Waals surface area contributed by atoms with Crippen LogP contribution in [0.3, 0.4) is 0 Å². The third kappa shape index (κ3) is 4.62. The Hall–Kier alpha value is -1.25. The highest BCUT2D eigenvalue weighted by molar-refractivity contribution is 8.00. The lowest BCUT2D eigenvalue weighted by Gasteiger charge is -2.27. The molecule has 1 nitrogen and oxygen atoms in total. The van der Waals surface area contributed by atoms with Gasteiger partial charge in [0.1, 0.15) is 0 Å². The molecule has 0 aromatic heterocycles. The van der Waals surface area contributed by atoms with Crippen molar-refractivity contribution in [3.63, 3.8) is 0 Å². The first kappa shape index (κ1) is 16.1. The Bertz CT molecular complexity index is 538. The molecule has 0 saturated carbocycles. The van der Waals surface area contributed by atoms with Gasteiger partial charge in [0.15, 0.2) is 0 Å². The lowest BCUT2D eigenvalue weighted by Crippen LogP contribution is -2.29. The van der Waals surface area contributed by atoms with E-state index < -0.39 is 0 Å². The summed E-state index contributed by atoms with van der Waals surface area (Å²) < 4.78 is 0. The summed E-state index contributed by atoms with van der Waals surface area (Å²) in [5.41, 5.74) is 2.71. The van der Waals surface area contributed by atoms with Crippen LogP contribution in [-0.2, 0) is 0 Å². The number of benzene rings is 2. The summed E-state index contributed by atoms with van der Waals surface area (Å²) >= 11 is 1.98. The van der Waals surface area contributed by atoms with Crippen LogP contribution in [-0.4, -0.2) is 11.8 Å². The topological polar surface area (TPSA) is 12.0 Å².